The Hall–Kier alpha value is -3.28. The average Bonchev–Trinajstić information content (AvgIpc) is 3.58. The molecule has 0 spiro atoms. The van der Waals surface area contributed by atoms with Crippen LogP contribution in [-0.2, 0) is 24.2 Å². The second kappa shape index (κ2) is 15.0. The molecule has 0 aliphatic heterocycles. The number of fused-ring (bicyclic) bond motifs is 3. The summed E-state index contributed by atoms with van der Waals surface area (Å²) in [6.45, 7) is 3.60. The van der Waals surface area contributed by atoms with Gasteiger partial charge in [-0.05, 0) is 0 Å². The van der Waals surface area contributed by atoms with E-state index in [0.717, 1.165) is 6.42 Å². The molecule has 0 amide bonds. The van der Waals surface area contributed by atoms with Gasteiger partial charge in [0, 0.05) is 0 Å². The summed E-state index contributed by atoms with van der Waals surface area (Å²) in [7, 11) is 0. The smallest absolute Gasteiger partial charge is 0.0771 e. The zero-order valence-electron chi connectivity index (χ0n) is 21.1. The molecule has 0 unspecified atom stereocenters. The first-order valence-corrected chi connectivity index (χ1v) is 12.6. The summed E-state index contributed by atoms with van der Waals surface area (Å²) in [5.41, 5.74) is 3.86. The standard InChI is InChI=1S/C13H9.C13H10.C7H7.2CH3.Zr/c1-3-7-12-10(5-1)9-11-6-2-4-8-13(11)12;1-3-7-12(8-4-1)11-13-9-5-2-6-10-13;1-2-7-5-3-4-6-7;;;/h1-9H;1-10H;2,5-6H,1,3H2;2*1H3;/q-1;;3*-1;. The van der Waals surface area contributed by atoms with E-state index in [2.05, 4.69) is 134 Å². The van der Waals surface area contributed by atoms with Crippen molar-refractivity contribution in [3.8, 4) is 0 Å². The molecular formula is C35H32Zr-4. The molecule has 36 heavy (non-hydrogen) atoms. The van der Waals surface area contributed by atoms with Crippen molar-refractivity contribution in [3.63, 3.8) is 0 Å². The molecular weight excluding hydrogens is 512 g/mol. The van der Waals surface area contributed by atoms with Gasteiger partial charge in [0.05, 0.1) is 0 Å². The summed E-state index contributed by atoms with van der Waals surface area (Å²) in [5.74, 6) is 0. The Morgan fingerprint density at radius 2 is 1.14 bits per heavy atom. The predicted molar refractivity (Wildman–Crippen MR) is 157 cm³/mol. The van der Waals surface area contributed by atoms with Crippen molar-refractivity contribution in [1.82, 2.24) is 0 Å². The van der Waals surface area contributed by atoms with Crippen LogP contribution in [0.25, 0.3) is 21.5 Å². The first-order valence-electron chi connectivity index (χ1n) is 11.4. The van der Waals surface area contributed by atoms with Crippen LogP contribution in [0.1, 0.15) is 17.5 Å². The van der Waals surface area contributed by atoms with E-state index in [1.54, 1.807) is 0 Å². The van der Waals surface area contributed by atoms with Crippen LogP contribution in [-0.4, -0.2) is 3.21 Å². The first-order chi connectivity index (χ1) is 16.8. The Morgan fingerprint density at radius 1 is 0.694 bits per heavy atom. The monoisotopic (exact) mass is 542 g/mol. The second-order valence-corrected chi connectivity index (χ2v) is 9.12. The van der Waals surface area contributed by atoms with Crippen LogP contribution in [0.2, 0.25) is 0 Å². The molecule has 1 aliphatic rings. The average molecular weight is 544 g/mol. The normalized spacial score (nSPS) is 11.0. The van der Waals surface area contributed by atoms with E-state index in [1.165, 1.54) is 65.7 Å². The molecule has 6 rings (SSSR count). The molecule has 5 aromatic rings. The second-order valence-electron chi connectivity index (χ2n) is 7.89. The van der Waals surface area contributed by atoms with Gasteiger partial charge in [0.15, 0.2) is 0 Å². The SMILES string of the molecule is C=CC1=CC[C-]=C1.[CH3-].[CH3-].[Zr]=[C](c1ccccc1)c1ccccc1.c1ccc2c(c1)[cH-]c1ccccc12. The molecule has 5 aromatic carbocycles. The molecule has 0 bridgehead atoms. The topological polar surface area (TPSA) is 0 Å². The molecule has 1 heteroatoms. The van der Waals surface area contributed by atoms with Crippen molar-refractivity contribution < 1.29 is 24.2 Å². The Kier molecular flexibility index (Phi) is 12.0. The quantitative estimate of drug-likeness (QED) is 0.199. The van der Waals surface area contributed by atoms with E-state index >= 15 is 0 Å². The molecule has 0 fully saturated rings. The van der Waals surface area contributed by atoms with Crippen molar-refractivity contribution in [1.29, 1.82) is 0 Å². The minimum atomic E-state index is 0. The van der Waals surface area contributed by atoms with E-state index in [4.69, 9.17) is 0 Å². The molecule has 0 radical (unpaired) electrons. The third-order valence-corrected chi connectivity index (χ3v) is 7.03. The van der Waals surface area contributed by atoms with Crippen molar-refractivity contribution >= 4 is 24.8 Å². The van der Waals surface area contributed by atoms with Gasteiger partial charge in [-0.1, -0.05) is 36.4 Å². The summed E-state index contributed by atoms with van der Waals surface area (Å²) >= 11 is 1.46. The molecule has 1 aliphatic carbocycles. The first kappa shape index (κ1) is 29.0. The Morgan fingerprint density at radius 3 is 1.53 bits per heavy atom. The molecule has 0 N–H and O–H groups in total. The summed E-state index contributed by atoms with van der Waals surface area (Å²) in [5, 5.41) is 5.39. The molecule has 0 aromatic heterocycles. The van der Waals surface area contributed by atoms with E-state index < -0.39 is 0 Å². The van der Waals surface area contributed by atoms with Crippen LogP contribution in [0.4, 0.5) is 0 Å². The maximum Gasteiger partial charge on any atom is -0.0771 e. The van der Waals surface area contributed by atoms with Crippen molar-refractivity contribution in [2.75, 3.05) is 0 Å². The summed E-state index contributed by atoms with van der Waals surface area (Å²) in [6.07, 6.45) is 9.87. The molecule has 0 atom stereocenters. The van der Waals surface area contributed by atoms with Gasteiger partial charge in [0.1, 0.15) is 0 Å². The van der Waals surface area contributed by atoms with Crippen LogP contribution in [0.15, 0.2) is 146 Å². The predicted octanol–water partition coefficient (Wildman–Crippen LogP) is 9.28. The maximum atomic E-state index is 3.60. The Balaban J connectivity index is 0.000000194. The summed E-state index contributed by atoms with van der Waals surface area (Å²) in [4.78, 5) is 0. The van der Waals surface area contributed by atoms with Crippen LogP contribution in [0.5, 0.6) is 0 Å². The van der Waals surface area contributed by atoms with E-state index in [9.17, 15) is 0 Å². The third kappa shape index (κ3) is 7.61. The van der Waals surface area contributed by atoms with Gasteiger partial charge in [0.25, 0.3) is 0 Å². The van der Waals surface area contributed by atoms with Crippen molar-refractivity contribution in [2.24, 2.45) is 0 Å². The summed E-state index contributed by atoms with van der Waals surface area (Å²) in [6, 6.07) is 40.4. The molecule has 180 valence electrons. The molecule has 0 saturated heterocycles. The van der Waals surface area contributed by atoms with E-state index in [-0.39, 0.29) is 14.9 Å². The zero-order chi connectivity index (χ0) is 23.6. The third-order valence-electron chi connectivity index (χ3n) is 5.61. The van der Waals surface area contributed by atoms with Gasteiger partial charge in [-0.3, -0.25) is 6.08 Å². The number of hydrogen-bond donors (Lipinski definition) is 0. The largest absolute Gasteiger partial charge is 0.126 e. The van der Waals surface area contributed by atoms with Gasteiger partial charge < -0.3 is 14.9 Å². The van der Waals surface area contributed by atoms with Crippen LogP contribution in [0.3, 0.4) is 0 Å². The number of hydrogen-bond acceptors (Lipinski definition) is 0. The Labute approximate surface area is 232 Å². The minimum Gasteiger partial charge on any atom is -0.126 e. The fourth-order valence-electron chi connectivity index (χ4n) is 3.83. The van der Waals surface area contributed by atoms with E-state index in [0.29, 0.717) is 0 Å². The molecule has 0 heterocycles. The fourth-order valence-corrected chi connectivity index (χ4v) is 4.65. The zero-order valence-corrected chi connectivity index (χ0v) is 23.6. The van der Waals surface area contributed by atoms with E-state index in [1.807, 2.05) is 12.2 Å². The van der Waals surface area contributed by atoms with Gasteiger partial charge in [0.2, 0.25) is 0 Å². The van der Waals surface area contributed by atoms with Gasteiger partial charge >= 0.3 is 99.2 Å². The van der Waals surface area contributed by atoms with Gasteiger partial charge in [-0.2, -0.15) is 11.6 Å². The van der Waals surface area contributed by atoms with Crippen molar-refractivity contribution in [2.45, 2.75) is 6.42 Å². The number of allylic oxidation sites excluding steroid dienone is 5. The summed E-state index contributed by atoms with van der Waals surface area (Å²) < 4.78 is 1.42. The number of benzene rings is 4. The fraction of sp³-hybridized carbons (Fsp3) is 0.0286. The van der Waals surface area contributed by atoms with Crippen LogP contribution in [0, 0.1) is 20.9 Å². The van der Waals surface area contributed by atoms with Gasteiger partial charge in [-0.25, -0.2) is 6.08 Å². The van der Waals surface area contributed by atoms with Gasteiger partial charge in [-0.15, -0.1) is 58.8 Å². The molecule has 0 saturated carbocycles. The minimum absolute atomic E-state index is 0. The Bertz CT molecular complexity index is 1340. The number of rotatable bonds is 3. The van der Waals surface area contributed by atoms with Crippen LogP contribution < -0.4 is 0 Å². The van der Waals surface area contributed by atoms with Crippen LogP contribution >= 0.6 is 0 Å². The molecule has 0 nitrogen and oxygen atoms in total. The maximum absolute atomic E-state index is 3.60. The van der Waals surface area contributed by atoms with Crippen molar-refractivity contribution in [3.05, 3.63) is 178 Å².